The standard InChI is InChI=1S/C19H18N4O2/c1-13-16(12-21-23(13)14-8-4-3-5-9-14)19(25)22-17-11-7-6-10-15(17)18(24)20-2/h3-12H,1-2H3,(H,20,24)(H,22,25). The van der Waals surface area contributed by atoms with Crippen LogP contribution in [0, 0.1) is 6.92 Å². The molecule has 0 radical (unpaired) electrons. The summed E-state index contributed by atoms with van der Waals surface area (Å²) in [7, 11) is 1.55. The van der Waals surface area contributed by atoms with Gasteiger partial charge in [-0.2, -0.15) is 5.10 Å². The van der Waals surface area contributed by atoms with E-state index in [1.165, 1.54) is 6.20 Å². The highest BCUT2D eigenvalue weighted by atomic mass is 16.2. The molecule has 0 aliphatic rings. The number of rotatable bonds is 4. The normalized spacial score (nSPS) is 10.3. The SMILES string of the molecule is CNC(=O)c1ccccc1NC(=O)c1cnn(-c2ccccc2)c1C. The van der Waals surface area contributed by atoms with Crippen LogP contribution < -0.4 is 10.6 Å². The Labute approximate surface area is 145 Å². The van der Waals surface area contributed by atoms with Crippen molar-refractivity contribution in [2.24, 2.45) is 0 Å². The largest absolute Gasteiger partial charge is 0.355 e. The third-order valence-corrected chi connectivity index (χ3v) is 3.90. The van der Waals surface area contributed by atoms with Crippen LogP contribution in [0.2, 0.25) is 0 Å². The lowest BCUT2D eigenvalue weighted by molar-refractivity contribution is 0.0964. The quantitative estimate of drug-likeness (QED) is 0.770. The minimum absolute atomic E-state index is 0.257. The Bertz CT molecular complexity index is 916. The van der Waals surface area contributed by atoms with Crippen molar-refractivity contribution in [3.05, 3.63) is 77.6 Å². The number of amides is 2. The molecule has 0 atom stereocenters. The van der Waals surface area contributed by atoms with Gasteiger partial charge in [0, 0.05) is 7.05 Å². The summed E-state index contributed by atoms with van der Waals surface area (Å²) in [6, 6.07) is 16.5. The molecule has 3 aromatic rings. The summed E-state index contributed by atoms with van der Waals surface area (Å²) in [5, 5.41) is 9.66. The van der Waals surface area contributed by atoms with Crippen LogP contribution in [-0.2, 0) is 0 Å². The fourth-order valence-electron chi connectivity index (χ4n) is 2.58. The molecule has 0 saturated carbocycles. The molecule has 3 rings (SSSR count). The summed E-state index contributed by atoms with van der Waals surface area (Å²) in [6.45, 7) is 1.83. The molecule has 0 aliphatic carbocycles. The average Bonchev–Trinajstić information content (AvgIpc) is 3.04. The van der Waals surface area contributed by atoms with Crippen molar-refractivity contribution in [3.63, 3.8) is 0 Å². The minimum Gasteiger partial charge on any atom is -0.355 e. The van der Waals surface area contributed by atoms with Gasteiger partial charge in [-0.3, -0.25) is 9.59 Å². The Morgan fingerprint density at radius 3 is 2.32 bits per heavy atom. The zero-order chi connectivity index (χ0) is 17.8. The molecule has 0 unspecified atom stereocenters. The maximum Gasteiger partial charge on any atom is 0.259 e. The van der Waals surface area contributed by atoms with Crippen molar-refractivity contribution >= 4 is 17.5 Å². The minimum atomic E-state index is -0.309. The number of carbonyl (C=O) groups is 2. The number of hydrogen-bond acceptors (Lipinski definition) is 3. The van der Waals surface area contributed by atoms with Gasteiger partial charge in [0.15, 0.2) is 0 Å². The number of carbonyl (C=O) groups excluding carboxylic acids is 2. The second-order valence-electron chi connectivity index (χ2n) is 5.47. The van der Waals surface area contributed by atoms with Gasteiger partial charge in [0.1, 0.15) is 0 Å². The van der Waals surface area contributed by atoms with Gasteiger partial charge in [-0.05, 0) is 31.2 Å². The number of aromatic nitrogens is 2. The Morgan fingerprint density at radius 2 is 1.60 bits per heavy atom. The second-order valence-corrected chi connectivity index (χ2v) is 5.47. The Hall–Kier alpha value is -3.41. The van der Waals surface area contributed by atoms with Gasteiger partial charge >= 0.3 is 0 Å². The lowest BCUT2D eigenvalue weighted by Gasteiger charge is -2.10. The summed E-state index contributed by atoms with van der Waals surface area (Å²) in [6.07, 6.45) is 1.53. The van der Waals surface area contributed by atoms with Crippen LogP contribution in [0.5, 0.6) is 0 Å². The highest BCUT2D eigenvalue weighted by Gasteiger charge is 2.17. The van der Waals surface area contributed by atoms with Crippen LogP contribution >= 0.6 is 0 Å². The van der Waals surface area contributed by atoms with E-state index in [1.807, 2.05) is 37.3 Å². The van der Waals surface area contributed by atoms with Crippen molar-refractivity contribution < 1.29 is 9.59 Å². The van der Waals surface area contributed by atoms with Gasteiger partial charge in [-0.15, -0.1) is 0 Å². The van der Waals surface area contributed by atoms with Crippen LogP contribution in [0.25, 0.3) is 5.69 Å². The molecular weight excluding hydrogens is 316 g/mol. The lowest BCUT2D eigenvalue weighted by Crippen LogP contribution is -2.21. The van der Waals surface area contributed by atoms with Crippen LogP contribution in [0.1, 0.15) is 26.4 Å². The first kappa shape index (κ1) is 16.4. The number of hydrogen-bond donors (Lipinski definition) is 2. The maximum atomic E-state index is 12.6. The highest BCUT2D eigenvalue weighted by Crippen LogP contribution is 2.19. The Kier molecular flexibility index (Phi) is 4.61. The fraction of sp³-hybridized carbons (Fsp3) is 0.105. The molecule has 6 nitrogen and oxygen atoms in total. The Morgan fingerprint density at radius 1 is 0.920 bits per heavy atom. The van der Waals surface area contributed by atoms with E-state index in [-0.39, 0.29) is 11.8 Å². The molecule has 2 aromatic carbocycles. The smallest absolute Gasteiger partial charge is 0.259 e. The highest BCUT2D eigenvalue weighted by molar-refractivity contribution is 6.09. The van der Waals surface area contributed by atoms with Gasteiger partial charge in [0.2, 0.25) is 0 Å². The van der Waals surface area contributed by atoms with Crippen molar-refractivity contribution in [2.75, 3.05) is 12.4 Å². The number of anilines is 1. The molecule has 0 saturated heterocycles. The molecule has 0 bridgehead atoms. The molecule has 25 heavy (non-hydrogen) atoms. The third kappa shape index (κ3) is 3.28. The predicted molar refractivity (Wildman–Crippen MR) is 96.1 cm³/mol. The molecule has 6 heteroatoms. The predicted octanol–water partition coefficient (Wildman–Crippen LogP) is 2.79. The Balaban J connectivity index is 1.89. The molecule has 0 aliphatic heterocycles. The molecule has 1 heterocycles. The summed E-state index contributed by atoms with van der Waals surface area (Å²) in [5.41, 5.74) is 2.92. The van der Waals surface area contributed by atoms with E-state index in [2.05, 4.69) is 15.7 Å². The van der Waals surface area contributed by atoms with E-state index in [0.717, 1.165) is 11.4 Å². The first-order chi connectivity index (χ1) is 12.1. The van der Waals surface area contributed by atoms with E-state index in [0.29, 0.717) is 16.8 Å². The molecular formula is C19H18N4O2. The van der Waals surface area contributed by atoms with E-state index < -0.39 is 0 Å². The zero-order valence-corrected chi connectivity index (χ0v) is 14.0. The van der Waals surface area contributed by atoms with Crippen LogP contribution in [0.4, 0.5) is 5.69 Å². The third-order valence-electron chi connectivity index (χ3n) is 3.90. The first-order valence-electron chi connectivity index (χ1n) is 7.84. The van der Waals surface area contributed by atoms with E-state index in [1.54, 1.807) is 36.0 Å². The maximum absolute atomic E-state index is 12.6. The van der Waals surface area contributed by atoms with Crippen molar-refractivity contribution in [1.29, 1.82) is 0 Å². The van der Waals surface area contributed by atoms with Crippen molar-refractivity contribution in [2.45, 2.75) is 6.92 Å². The summed E-state index contributed by atoms with van der Waals surface area (Å²) < 4.78 is 1.71. The van der Waals surface area contributed by atoms with Crippen LogP contribution in [-0.4, -0.2) is 28.6 Å². The monoisotopic (exact) mass is 334 g/mol. The number of para-hydroxylation sites is 2. The summed E-state index contributed by atoms with van der Waals surface area (Å²) in [5.74, 6) is -0.566. The van der Waals surface area contributed by atoms with Crippen molar-refractivity contribution in [1.82, 2.24) is 15.1 Å². The molecule has 0 spiro atoms. The number of benzene rings is 2. The molecule has 2 amide bonds. The molecule has 2 N–H and O–H groups in total. The van der Waals surface area contributed by atoms with E-state index in [4.69, 9.17) is 0 Å². The van der Waals surface area contributed by atoms with Gasteiger partial charge < -0.3 is 10.6 Å². The first-order valence-corrected chi connectivity index (χ1v) is 7.84. The lowest BCUT2D eigenvalue weighted by atomic mass is 10.1. The van der Waals surface area contributed by atoms with E-state index >= 15 is 0 Å². The topological polar surface area (TPSA) is 76.0 Å². The van der Waals surface area contributed by atoms with Crippen LogP contribution in [0.3, 0.4) is 0 Å². The van der Waals surface area contributed by atoms with Crippen molar-refractivity contribution in [3.8, 4) is 5.69 Å². The number of nitrogens with one attached hydrogen (secondary N) is 2. The second kappa shape index (κ2) is 7.00. The summed E-state index contributed by atoms with van der Waals surface area (Å²) >= 11 is 0. The van der Waals surface area contributed by atoms with Gasteiger partial charge in [0.05, 0.1) is 34.4 Å². The van der Waals surface area contributed by atoms with E-state index in [9.17, 15) is 9.59 Å². The van der Waals surface area contributed by atoms with Crippen LogP contribution in [0.15, 0.2) is 60.8 Å². The van der Waals surface area contributed by atoms with Gasteiger partial charge in [0.25, 0.3) is 11.8 Å². The fourth-order valence-corrected chi connectivity index (χ4v) is 2.58. The average molecular weight is 334 g/mol. The molecule has 1 aromatic heterocycles. The molecule has 126 valence electrons. The van der Waals surface area contributed by atoms with Gasteiger partial charge in [-0.1, -0.05) is 30.3 Å². The zero-order valence-electron chi connectivity index (χ0n) is 14.0. The van der Waals surface area contributed by atoms with Gasteiger partial charge in [-0.25, -0.2) is 4.68 Å². The summed E-state index contributed by atoms with van der Waals surface area (Å²) in [4.78, 5) is 24.6. The molecule has 0 fully saturated rings. The number of nitrogens with zero attached hydrogens (tertiary/aromatic N) is 2.